The fourth-order valence-corrected chi connectivity index (χ4v) is 2.64. The summed E-state index contributed by atoms with van der Waals surface area (Å²) in [5, 5.41) is 8.53. The topological polar surface area (TPSA) is 60.9 Å². The monoisotopic (exact) mass is 256 g/mol. The second-order valence-corrected chi connectivity index (χ2v) is 5.80. The molecule has 1 aliphatic heterocycles. The van der Waals surface area contributed by atoms with Gasteiger partial charge in [-0.25, -0.2) is 0 Å². The second kappa shape index (κ2) is 6.18. The highest BCUT2D eigenvalue weighted by Gasteiger charge is 2.33. The normalized spacial score (nSPS) is 24.2. The zero-order valence-corrected chi connectivity index (χ0v) is 11.6. The number of nitrogens with zero attached hydrogens (tertiary/aromatic N) is 2. The molecule has 1 amide bonds. The lowest BCUT2D eigenvalue weighted by molar-refractivity contribution is -0.137. The van der Waals surface area contributed by atoms with E-state index in [0.29, 0.717) is 12.8 Å². The third kappa shape index (κ3) is 4.64. The van der Waals surface area contributed by atoms with Crippen molar-refractivity contribution in [3.05, 3.63) is 0 Å². The molecule has 0 aromatic carbocycles. The highest BCUT2D eigenvalue weighted by molar-refractivity contribution is 5.76. The molecule has 1 heterocycles. The van der Waals surface area contributed by atoms with Crippen LogP contribution in [0.1, 0.15) is 32.6 Å². The highest BCUT2D eigenvalue weighted by Crippen LogP contribution is 2.29. The van der Waals surface area contributed by atoms with Crippen molar-refractivity contribution < 1.29 is 14.7 Å². The standard InChI is InChI=1S/C13H24N2O3/c1-13(7-8-14(2)9-13)10-15(3)11(16)5-4-6-12(17)18/h4-10H2,1-3H3,(H,17,18)/t13-/m0/s1. The molecule has 0 unspecified atom stereocenters. The average Bonchev–Trinajstić information content (AvgIpc) is 2.57. The molecule has 1 aliphatic rings. The van der Waals surface area contributed by atoms with Crippen molar-refractivity contribution in [2.75, 3.05) is 33.7 Å². The molecule has 0 bridgehead atoms. The first-order chi connectivity index (χ1) is 8.32. The first-order valence-electron chi connectivity index (χ1n) is 6.47. The van der Waals surface area contributed by atoms with E-state index in [0.717, 1.165) is 26.1 Å². The minimum Gasteiger partial charge on any atom is -0.481 e. The van der Waals surface area contributed by atoms with Gasteiger partial charge in [0.25, 0.3) is 0 Å². The van der Waals surface area contributed by atoms with Gasteiger partial charge in [0.1, 0.15) is 0 Å². The van der Waals surface area contributed by atoms with Crippen LogP contribution < -0.4 is 0 Å². The molecule has 0 aromatic rings. The number of carboxylic acid groups (broad SMARTS) is 1. The number of rotatable bonds is 6. The molecule has 0 aromatic heterocycles. The van der Waals surface area contributed by atoms with E-state index >= 15 is 0 Å². The Morgan fingerprint density at radius 2 is 2.06 bits per heavy atom. The molecule has 1 N–H and O–H groups in total. The van der Waals surface area contributed by atoms with E-state index in [2.05, 4.69) is 18.9 Å². The van der Waals surface area contributed by atoms with Crippen LogP contribution in [-0.2, 0) is 9.59 Å². The van der Waals surface area contributed by atoms with Crippen LogP contribution in [0, 0.1) is 5.41 Å². The zero-order valence-electron chi connectivity index (χ0n) is 11.6. The maximum Gasteiger partial charge on any atom is 0.303 e. The van der Waals surface area contributed by atoms with Crippen LogP contribution in [0.3, 0.4) is 0 Å². The Balaban J connectivity index is 2.33. The summed E-state index contributed by atoms with van der Waals surface area (Å²) >= 11 is 0. The number of carbonyl (C=O) groups excluding carboxylic acids is 1. The summed E-state index contributed by atoms with van der Waals surface area (Å²) in [6.45, 7) is 5.05. The van der Waals surface area contributed by atoms with Crippen molar-refractivity contribution in [2.24, 2.45) is 5.41 Å². The predicted molar refractivity (Wildman–Crippen MR) is 69.3 cm³/mol. The van der Waals surface area contributed by atoms with Gasteiger partial charge in [0.15, 0.2) is 0 Å². The smallest absolute Gasteiger partial charge is 0.303 e. The molecule has 1 rings (SSSR count). The molecule has 0 aliphatic carbocycles. The van der Waals surface area contributed by atoms with E-state index in [1.165, 1.54) is 0 Å². The predicted octanol–water partition coefficient (Wildman–Crippen LogP) is 1.04. The fourth-order valence-electron chi connectivity index (χ4n) is 2.64. The van der Waals surface area contributed by atoms with Crippen molar-refractivity contribution in [3.8, 4) is 0 Å². The Labute approximate surface area is 109 Å². The van der Waals surface area contributed by atoms with Gasteiger partial charge in [-0.05, 0) is 31.8 Å². The Morgan fingerprint density at radius 1 is 1.39 bits per heavy atom. The lowest BCUT2D eigenvalue weighted by atomic mass is 9.89. The fraction of sp³-hybridized carbons (Fsp3) is 0.846. The van der Waals surface area contributed by atoms with E-state index < -0.39 is 5.97 Å². The number of carbonyl (C=O) groups is 2. The quantitative estimate of drug-likeness (QED) is 0.771. The first-order valence-corrected chi connectivity index (χ1v) is 6.47. The maximum absolute atomic E-state index is 11.9. The molecule has 5 nitrogen and oxygen atoms in total. The van der Waals surface area contributed by atoms with Gasteiger partial charge in [-0.2, -0.15) is 0 Å². The van der Waals surface area contributed by atoms with Gasteiger partial charge < -0.3 is 14.9 Å². The Bertz CT molecular complexity index is 319. The van der Waals surface area contributed by atoms with E-state index in [-0.39, 0.29) is 17.7 Å². The number of carboxylic acids is 1. The third-order valence-electron chi connectivity index (χ3n) is 3.57. The molecule has 104 valence electrons. The number of amides is 1. The van der Waals surface area contributed by atoms with Crippen molar-refractivity contribution in [1.82, 2.24) is 9.80 Å². The second-order valence-electron chi connectivity index (χ2n) is 5.80. The van der Waals surface area contributed by atoms with Crippen molar-refractivity contribution in [3.63, 3.8) is 0 Å². The van der Waals surface area contributed by atoms with Gasteiger partial charge in [0.05, 0.1) is 0 Å². The Kier molecular flexibility index (Phi) is 5.14. The summed E-state index contributed by atoms with van der Waals surface area (Å²) in [6.07, 6.45) is 1.93. The molecule has 1 fully saturated rings. The molecule has 0 spiro atoms. The van der Waals surface area contributed by atoms with E-state index in [4.69, 9.17) is 5.11 Å². The van der Waals surface area contributed by atoms with Gasteiger partial charge in [-0.1, -0.05) is 6.92 Å². The average molecular weight is 256 g/mol. The maximum atomic E-state index is 11.9. The van der Waals surface area contributed by atoms with E-state index in [9.17, 15) is 9.59 Å². The van der Waals surface area contributed by atoms with Crippen molar-refractivity contribution in [1.29, 1.82) is 0 Å². The van der Waals surface area contributed by atoms with Gasteiger partial charge in [0, 0.05) is 33.0 Å². The minimum absolute atomic E-state index is 0.0482. The molecule has 18 heavy (non-hydrogen) atoms. The van der Waals surface area contributed by atoms with Crippen LogP contribution in [0.25, 0.3) is 0 Å². The van der Waals surface area contributed by atoms with Crippen LogP contribution in [0.15, 0.2) is 0 Å². The van der Waals surface area contributed by atoms with Gasteiger partial charge in [-0.3, -0.25) is 9.59 Å². The van der Waals surface area contributed by atoms with Crippen LogP contribution in [0.5, 0.6) is 0 Å². The Morgan fingerprint density at radius 3 is 2.56 bits per heavy atom. The summed E-state index contributed by atoms with van der Waals surface area (Å²) in [5.74, 6) is -0.790. The summed E-state index contributed by atoms with van der Waals surface area (Å²) < 4.78 is 0. The molecular weight excluding hydrogens is 232 g/mol. The number of hydrogen-bond acceptors (Lipinski definition) is 3. The summed E-state index contributed by atoms with van der Waals surface area (Å²) in [4.78, 5) is 26.3. The first kappa shape index (κ1) is 15.0. The largest absolute Gasteiger partial charge is 0.481 e. The summed E-state index contributed by atoms with van der Waals surface area (Å²) in [5.41, 5.74) is 0.173. The highest BCUT2D eigenvalue weighted by atomic mass is 16.4. The minimum atomic E-state index is -0.838. The molecule has 0 radical (unpaired) electrons. The van der Waals surface area contributed by atoms with Gasteiger partial charge in [-0.15, -0.1) is 0 Å². The lowest BCUT2D eigenvalue weighted by Gasteiger charge is -2.30. The lowest BCUT2D eigenvalue weighted by Crippen LogP contribution is -2.38. The van der Waals surface area contributed by atoms with Gasteiger partial charge in [0.2, 0.25) is 5.91 Å². The SMILES string of the molecule is CN1CC[C@](C)(CN(C)C(=O)CCCC(=O)O)C1. The third-order valence-corrected chi connectivity index (χ3v) is 3.57. The zero-order chi connectivity index (χ0) is 13.8. The molecule has 1 saturated heterocycles. The van der Waals surface area contributed by atoms with Crippen molar-refractivity contribution >= 4 is 11.9 Å². The Hall–Kier alpha value is -1.10. The van der Waals surface area contributed by atoms with Crippen LogP contribution >= 0.6 is 0 Å². The summed E-state index contributed by atoms with van der Waals surface area (Å²) in [6, 6.07) is 0. The number of aliphatic carboxylic acids is 1. The molecular formula is C13H24N2O3. The molecule has 0 saturated carbocycles. The van der Waals surface area contributed by atoms with Crippen LogP contribution in [0.2, 0.25) is 0 Å². The van der Waals surface area contributed by atoms with E-state index in [1.54, 1.807) is 4.90 Å². The molecule has 1 atom stereocenters. The number of hydrogen-bond donors (Lipinski definition) is 1. The molecule has 5 heteroatoms. The number of likely N-dealkylation sites (tertiary alicyclic amines) is 1. The summed E-state index contributed by atoms with van der Waals surface area (Å²) in [7, 11) is 3.91. The van der Waals surface area contributed by atoms with Gasteiger partial charge >= 0.3 is 5.97 Å². The van der Waals surface area contributed by atoms with Crippen LogP contribution in [0.4, 0.5) is 0 Å². The van der Waals surface area contributed by atoms with E-state index in [1.807, 2.05) is 7.05 Å². The van der Waals surface area contributed by atoms with Crippen molar-refractivity contribution in [2.45, 2.75) is 32.6 Å². The van der Waals surface area contributed by atoms with Crippen LogP contribution in [-0.4, -0.2) is 60.5 Å².